The van der Waals surface area contributed by atoms with Crippen molar-refractivity contribution in [3.63, 3.8) is 0 Å². The molecule has 1 aliphatic carbocycles. The molecular formula is C16H22N2O2. The summed E-state index contributed by atoms with van der Waals surface area (Å²) in [5, 5.41) is 22.1. The van der Waals surface area contributed by atoms with Gasteiger partial charge in [0.2, 0.25) is 0 Å². The van der Waals surface area contributed by atoms with Gasteiger partial charge in [-0.15, -0.1) is 0 Å². The lowest BCUT2D eigenvalue weighted by molar-refractivity contribution is 0.103. The van der Waals surface area contributed by atoms with Crippen LogP contribution in [0.4, 0.5) is 0 Å². The third-order valence-electron chi connectivity index (χ3n) is 3.74. The number of nitriles is 1. The first-order chi connectivity index (χ1) is 9.67. The molecule has 2 rings (SSSR count). The maximum absolute atomic E-state index is 9.91. The number of aliphatic hydroxyl groups excluding tert-OH is 1. The lowest BCUT2D eigenvalue weighted by atomic mass is 10.1. The van der Waals surface area contributed by atoms with Crippen LogP contribution in [0.2, 0.25) is 0 Å². The van der Waals surface area contributed by atoms with Crippen molar-refractivity contribution in [2.75, 3.05) is 13.2 Å². The maximum atomic E-state index is 9.91. The van der Waals surface area contributed by atoms with Crippen LogP contribution in [-0.2, 0) is 0 Å². The first-order valence-corrected chi connectivity index (χ1v) is 7.22. The van der Waals surface area contributed by atoms with Crippen molar-refractivity contribution in [1.82, 2.24) is 5.32 Å². The summed E-state index contributed by atoms with van der Waals surface area (Å²) in [7, 11) is 0. The molecule has 0 heterocycles. The summed E-state index contributed by atoms with van der Waals surface area (Å²) < 4.78 is 5.51. The van der Waals surface area contributed by atoms with Gasteiger partial charge in [0, 0.05) is 12.6 Å². The van der Waals surface area contributed by atoms with Gasteiger partial charge < -0.3 is 15.2 Å². The highest BCUT2D eigenvalue weighted by molar-refractivity contribution is 5.36. The summed E-state index contributed by atoms with van der Waals surface area (Å²) in [6.07, 6.45) is 3.12. The summed E-state index contributed by atoms with van der Waals surface area (Å²) in [4.78, 5) is 0. The highest BCUT2D eigenvalue weighted by atomic mass is 16.5. The molecule has 4 heteroatoms. The quantitative estimate of drug-likeness (QED) is 0.833. The Kier molecular flexibility index (Phi) is 5.40. The Morgan fingerprint density at radius 3 is 3.05 bits per heavy atom. The molecule has 0 spiro atoms. The highest BCUT2D eigenvalue weighted by Crippen LogP contribution is 2.24. The fraction of sp³-hybridized carbons (Fsp3) is 0.562. The summed E-state index contributed by atoms with van der Waals surface area (Å²) in [5.41, 5.74) is 0.565. The van der Waals surface area contributed by atoms with Gasteiger partial charge in [0.15, 0.2) is 0 Å². The maximum Gasteiger partial charge on any atom is 0.120 e. The van der Waals surface area contributed by atoms with Gasteiger partial charge in [-0.25, -0.2) is 0 Å². The SMILES string of the molecule is CC1CCC(NCC(O)COc2cccc(C#N)c2)C1. The monoisotopic (exact) mass is 274 g/mol. The van der Waals surface area contributed by atoms with E-state index in [1.807, 2.05) is 0 Å². The molecule has 108 valence electrons. The van der Waals surface area contributed by atoms with Crippen molar-refractivity contribution in [1.29, 1.82) is 5.26 Å². The first-order valence-electron chi connectivity index (χ1n) is 7.22. The molecule has 0 radical (unpaired) electrons. The molecule has 0 aromatic heterocycles. The van der Waals surface area contributed by atoms with Crippen LogP contribution in [0.15, 0.2) is 24.3 Å². The molecule has 1 aromatic rings. The zero-order chi connectivity index (χ0) is 14.4. The van der Waals surface area contributed by atoms with Gasteiger partial charge in [-0.1, -0.05) is 13.0 Å². The molecule has 0 amide bonds. The van der Waals surface area contributed by atoms with Gasteiger partial charge in [0.05, 0.1) is 11.6 Å². The van der Waals surface area contributed by atoms with Gasteiger partial charge >= 0.3 is 0 Å². The molecule has 1 aromatic carbocycles. The van der Waals surface area contributed by atoms with Crippen LogP contribution < -0.4 is 10.1 Å². The van der Waals surface area contributed by atoms with Crippen LogP contribution in [0, 0.1) is 17.2 Å². The van der Waals surface area contributed by atoms with Gasteiger partial charge in [-0.2, -0.15) is 5.26 Å². The van der Waals surface area contributed by atoms with Crippen molar-refractivity contribution in [3.05, 3.63) is 29.8 Å². The Balaban J connectivity index is 1.69. The molecule has 3 unspecified atom stereocenters. The van der Waals surface area contributed by atoms with Crippen LogP contribution >= 0.6 is 0 Å². The molecular weight excluding hydrogens is 252 g/mol. The minimum Gasteiger partial charge on any atom is -0.491 e. The van der Waals surface area contributed by atoms with E-state index in [0.717, 1.165) is 5.92 Å². The summed E-state index contributed by atoms with van der Waals surface area (Å²) in [5.74, 6) is 1.41. The van der Waals surface area contributed by atoms with Crippen molar-refractivity contribution in [2.24, 2.45) is 5.92 Å². The van der Waals surface area contributed by atoms with E-state index in [4.69, 9.17) is 10.00 Å². The molecule has 20 heavy (non-hydrogen) atoms. The van der Waals surface area contributed by atoms with E-state index >= 15 is 0 Å². The van der Waals surface area contributed by atoms with Crippen molar-refractivity contribution >= 4 is 0 Å². The zero-order valence-corrected chi connectivity index (χ0v) is 11.9. The fourth-order valence-corrected chi connectivity index (χ4v) is 2.60. The first kappa shape index (κ1) is 14.8. The second-order valence-corrected chi connectivity index (χ2v) is 5.63. The number of benzene rings is 1. The highest BCUT2D eigenvalue weighted by Gasteiger charge is 2.21. The minimum atomic E-state index is -0.531. The number of aliphatic hydroxyl groups is 1. The molecule has 0 saturated heterocycles. The lowest BCUT2D eigenvalue weighted by Crippen LogP contribution is -2.36. The molecule has 4 nitrogen and oxygen atoms in total. The van der Waals surface area contributed by atoms with E-state index in [-0.39, 0.29) is 6.61 Å². The number of hydrogen-bond acceptors (Lipinski definition) is 4. The predicted octanol–water partition coefficient (Wildman–Crippen LogP) is 2.08. The van der Waals surface area contributed by atoms with Crippen molar-refractivity contribution in [3.8, 4) is 11.8 Å². The smallest absolute Gasteiger partial charge is 0.120 e. The molecule has 2 N–H and O–H groups in total. The lowest BCUT2D eigenvalue weighted by Gasteiger charge is -2.17. The normalized spacial score (nSPS) is 23.2. The Bertz CT molecular complexity index is 470. The molecule has 3 atom stereocenters. The van der Waals surface area contributed by atoms with Crippen LogP contribution in [0.25, 0.3) is 0 Å². The summed E-state index contributed by atoms with van der Waals surface area (Å²) in [6, 6.07) is 9.57. The second kappa shape index (κ2) is 7.28. The van der Waals surface area contributed by atoms with E-state index in [1.54, 1.807) is 24.3 Å². The third-order valence-corrected chi connectivity index (χ3v) is 3.74. The molecule has 1 aliphatic rings. The third kappa shape index (κ3) is 4.52. The van der Waals surface area contributed by atoms with E-state index in [9.17, 15) is 5.11 Å². The topological polar surface area (TPSA) is 65.3 Å². The number of ether oxygens (including phenoxy) is 1. The standard InChI is InChI=1S/C16H22N2O2/c1-12-5-6-14(7-12)18-10-15(19)11-20-16-4-2-3-13(8-16)9-17/h2-4,8,12,14-15,18-19H,5-7,10-11H2,1H3. The average molecular weight is 274 g/mol. The Hall–Kier alpha value is -1.57. The number of rotatable bonds is 6. The van der Waals surface area contributed by atoms with E-state index < -0.39 is 6.10 Å². The molecule has 0 aliphatic heterocycles. The van der Waals surface area contributed by atoms with E-state index in [0.29, 0.717) is 23.9 Å². The van der Waals surface area contributed by atoms with Crippen molar-refractivity contribution in [2.45, 2.75) is 38.3 Å². The zero-order valence-electron chi connectivity index (χ0n) is 11.9. The number of nitrogens with zero attached hydrogens (tertiary/aromatic N) is 1. The van der Waals surface area contributed by atoms with Gasteiger partial charge in [-0.05, 0) is 43.4 Å². The van der Waals surface area contributed by atoms with Crippen LogP contribution in [0.5, 0.6) is 5.75 Å². The van der Waals surface area contributed by atoms with Gasteiger partial charge in [-0.3, -0.25) is 0 Å². The Labute approximate surface area is 120 Å². The summed E-state index contributed by atoms with van der Waals surface area (Å²) >= 11 is 0. The summed E-state index contributed by atoms with van der Waals surface area (Å²) in [6.45, 7) is 3.06. The second-order valence-electron chi connectivity index (χ2n) is 5.63. The van der Waals surface area contributed by atoms with Gasteiger partial charge in [0.25, 0.3) is 0 Å². The van der Waals surface area contributed by atoms with Crippen LogP contribution in [-0.4, -0.2) is 30.4 Å². The largest absolute Gasteiger partial charge is 0.491 e. The Morgan fingerprint density at radius 1 is 1.50 bits per heavy atom. The Morgan fingerprint density at radius 2 is 2.35 bits per heavy atom. The van der Waals surface area contributed by atoms with Crippen LogP contribution in [0.1, 0.15) is 31.7 Å². The van der Waals surface area contributed by atoms with E-state index in [1.165, 1.54) is 19.3 Å². The molecule has 0 bridgehead atoms. The van der Waals surface area contributed by atoms with Crippen LogP contribution in [0.3, 0.4) is 0 Å². The van der Waals surface area contributed by atoms with E-state index in [2.05, 4.69) is 18.3 Å². The van der Waals surface area contributed by atoms with Gasteiger partial charge in [0.1, 0.15) is 18.5 Å². The molecule has 1 saturated carbocycles. The minimum absolute atomic E-state index is 0.240. The number of nitrogens with one attached hydrogen (secondary N) is 1. The fourth-order valence-electron chi connectivity index (χ4n) is 2.60. The van der Waals surface area contributed by atoms with Crippen molar-refractivity contribution < 1.29 is 9.84 Å². The predicted molar refractivity (Wildman–Crippen MR) is 77.5 cm³/mol. The average Bonchev–Trinajstić information content (AvgIpc) is 2.89. The number of hydrogen-bond donors (Lipinski definition) is 2. The molecule has 1 fully saturated rings.